The van der Waals surface area contributed by atoms with Gasteiger partial charge >= 0.3 is 20.7 Å². The number of esters is 1. The summed E-state index contributed by atoms with van der Waals surface area (Å²) in [5.74, 6) is -0.141. The number of nitrogens with one attached hydrogen (secondary N) is 1. The van der Waals surface area contributed by atoms with E-state index in [0.29, 0.717) is 5.75 Å². The fourth-order valence-corrected chi connectivity index (χ4v) is 4.04. The normalized spacial score (nSPS) is 13.1. The molecule has 0 aliphatic rings. The molecule has 0 radical (unpaired) electrons. The molecule has 2 atom stereocenters. The maximum Gasteiger partial charge on any atom is 0.416 e. The number of ether oxygens (including phenoxy) is 1. The molecule has 10 heteroatoms. The highest BCUT2D eigenvalue weighted by atomic mass is 35.5. The number of rotatable bonds is 9. The molecule has 174 valence electrons. The number of halogens is 4. The minimum Gasteiger partial charge on any atom is -0.460 e. The van der Waals surface area contributed by atoms with Gasteiger partial charge in [-0.05, 0) is 42.8 Å². The third-order valence-corrected chi connectivity index (χ3v) is 5.88. The van der Waals surface area contributed by atoms with Crippen molar-refractivity contribution < 1.29 is 31.8 Å². The first-order valence-electron chi connectivity index (χ1n) is 9.77. The largest absolute Gasteiger partial charge is 0.460 e. The first-order chi connectivity index (χ1) is 15.7. The fourth-order valence-electron chi connectivity index (χ4n) is 2.55. The van der Waals surface area contributed by atoms with Crippen molar-refractivity contribution in [1.29, 1.82) is 0 Å². The van der Waals surface area contributed by atoms with Gasteiger partial charge in [-0.1, -0.05) is 60.1 Å². The molecule has 0 heterocycles. The molecule has 0 saturated heterocycles. The number of alkyl halides is 3. The second-order valence-corrected chi connectivity index (χ2v) is 8.38. The summed E-state index contributed by atoms with van der Waals surface area (Å²) in [5.41, 5.74) is -0.0763. The topological polar surface area (TPSA) is 56.8 Å². The molecule has 0 aromatic heterocycles. The maximum atomic E-state index is 12.9. The molecule has 0 spiro atoms. The minimum absolute atomic E-state index is 0.0240. The molecule has 0 fully saturated rings. The van der Waals surface area contributed by atoms with Gasteiger partial charge in [-0.25, -0.2) is 5.09 Å². The zero-order valence-corrected chi connectivity index (χ0v) is 19.0. The second kappa shape index (κ2) is 11.4. The van der Waals surface area contributed by atoms with Crippen molar-refractivity contribution in [3.8, 4) is 11.5 Å². The number of para-hydroxylation sites is 1. The predicted octanol–water partition coefficient (Wildman–Crippen LogP) is 6.77. The molecule has 1 unspecified atom stereocenters. The third kappa shape index (κ3) is 7.63. The van der Waals surface area contributed by atoms with E-state index in [4.69, 9.17) is 25.4 Å². The lowest BCUT2D eigenvalue weighted by molar-refractivity contribution is -0.146. The first-order valence-corrected chi connectivity index (χ1v) is 11.3. The van der Waals surface area contributed by atoms with Crippen LogP contribution < -0.4 is 14.1 Å². The Bertz CT molecular complexity index is 1050. The van der Waals surface area contributed by atoms with E-state index >= 15 is 0 Å². The number of hydrogen-bond acceptors (Lipinski definition) is 5. The molecular formula is C23H20ClF3NO4P. The lowest BCUT2D eigenvalue weighted by Crippen LogP contribution is -2.34. The van der Waals surface area contributed by atoms with E-state index < -0.39 is 32.3 Å². The Hall–Kier alpha value is -2.80. The van der Waals surface area contributed by atoms with E-state index in [0.717, 1.165) is 23.8 Å². The molecule has 0 amide bonds. The van der Waals surface area contributed by atoms with Crippen molar-refractivity contribution in [2.75, 3.05) is 0 Å². The number of carbonyl (C=O) groups is 1. The van der Waals surface area contributed by atoms with Crippen LogP contribution in [0.5, 0.6) is 11.5 Å². The van der Waals surface area contributed by atoms with Gasteiger partial charge in [0, 0.05) is 0 Å². The standard InChI is InChI=1S/C23H20ClF3NO4P/c1-16(22(29)30-15-17-8-4-2-5-9-17)28-33(31-19-10-6-3-7-11-19)32-21-13-12-18(14-20(21)24)23(25,26)27/h2-14,16,28H,15H2,1H3/t16-,33?/m0/s1. The Morgan fingerprint density at radius 2 is 1.64 bits per heavy atom. The SMILES string of the molecule is C[C@H](NP(Oc1ccccc1)Oc1ccc(C(F)(F)F)cc1Cl)C(=O)OCc1ccccc1. The smallest absolute Gasteiger partial charge is 0.416 e. The molecule has 0 aliphatic carbocycles. The van der Waals surface area contributed by atoms with Crippen molar-refractivity contribution in [1.82, 2.24) is 5.09 Å². The maximum absolute atomic E-state index is 12.9. The second-order valence-electron chi connectivity index (χ2n) is 6.84. The zero-order valence-electron chi connectivity index (χ0n) is 17.4. The van der Waals surface area contributed by atoms with Crippen LogP contribution in [0.3, 0.4) is 0 Å². The first kappa shape index (κ1) is 24.8. The average Bonchev–Trinajstić information content (AvgIpc) is 2.79. The molecule has 0 bridgehead atoms. The highest BCUT2D eigenvalue weighted by molar-refractivity contribution is 7.45. The van der Waals surface area contributed by atoms with Crippen LogP contribution in [0, 0.1) is 0 Å². The summed E-state index contributed by atoms with van der Waals surface area (Å²) in [6, 6.07) is 19.7. The van der Waals surface area contributed by atoms with Crippen LogP contribution in [0.1, 0.15) is 18.1 Å². The summed E-state index contributed by atoms with van der Waals surface area (Å²) >= 11 is 6.01. The van der Waals surface area contributed by atoms with Crippen LogP contribution >= 0.6 is 20.1 Å². The van der Waals surface area contributed by atoms with Crippen LogP contribution in [0.4, 0.5) is 13.2 Å². The van der Waals surface area contributed by atoms with Crippen molar-refractivity contribution in [2.24, 2.45) is 0 Å². The van der Waals surface area contributed by atoms with Crippen molar-refractivity contribution in [2.45, 2.75) is 25.7 Å². The highest BCUT2D eigenvalue weighted by Gasteiger charge is 2.32. The summed E-state index contributed by atoms with van der Waals surface area (Å²) < 4.78 is 55.6. The quantitative estimate of drug-likeness (QED) is 0.261. The van der Waals surface area contributed by atoms with Crippen LogP contribution in [0.15, 0.2) is 78.9 Å². The molecule has 3 aromatic carbocycles. The summed E-state index contributed by atoms with van der Waals surface area (Å²) in [7, 11) is -2.02. The Balaban J connectivity index is 1.70. The molecule has 33 heavy (non-hydrogen) atoms. The predicted molar refractivity (Wildman–Crippen MR) is 120 cm³/mol. The van der Waals surface area contributed by atoms with Gasteiger partial charge in [0.25, 0.3) is 0 Å². The Morgan fingerprint density at radius 1 is 1.00 bits per heavy atom. The fraction of sp³-hybridized carbons (Fsp3) is 0.174. The van der Waals surface area contributed by atoms with E-state index in [1.807, 2.05) is 30.3 Å². The van der Waals surface area contributed by atoms with E-state index in [1.165, 1.54) is 0 Å². The third-order valence-electron chi connectivity index (χ3n) is 4.25. The van der Waals surface area contributed by atoms with Crippen molar-refractivity contribution in [3.05, 3.63) is 95.0 Å². The summed E-state index contributed by atoms with van der Waals surface area (Å²) in [4.78, 5) is 12.4. The van der Waals surface area contributed by atoms with Gasteiger partial charge in [-0.3, -0.25) is 4.79 Å². The van der Waals surface area contributed by atoms with Crippen LogP contribution in [-0.2, 0) is 22.3 Å². The summed E-state index contributed by atoms with van der Waals surface area (Å²) in [6.07, 6.45) is -4.54. The van der Waals surface area contributed by atoms with Crippen LogP contribution in [-0.4, -0.2) is 12.0 Å². The van der Waals surface area contributed by atoms with E-state index in [-0.39, 0.29) is 17.4 Å². The van der Waals surface area contributed by atoms with Crippen LogP contribution in [0.2, 0.25) is 5.02 Å². The molecule has 3 aromatic rings. The summed E-state index contributed by atoms with van der Waals surface area (Å²) in [6.45, 7) is 1.66. The highest BCUT2D eigenvalue weighted by Crippen LogP contribution is 2.42. The number of hydrogen-bond donors (Lipinski definition) is 1. The lowest BCUT2D eigenvalue weighted by atomic mass is 10.2. The van der Waals surface area contributed by atoms with E-state index in [2.05, 4.69) is 5.09 Å². The van der Waals surface area contributed by atoms with Crippen LogP contribution in [0.25, 0.3) is 0 Å². The van der Waals surface area contributed by atoms with Gasteiger partial charge in [-0.15, -0.1) is 0 Å². The minimum atomic E-state index is -4.54. The Kier molecular flexibility index (Phi) is 8.55. The Morgan fingerprint density at radius 3 is 2.24 bits per heavy atom. The number of carbonyl (C=O) groups excluding carboxylic acids is 1. The van der Waals surface area contributed by atoms with Gasteiger partial charge in [0.15, 0.2) is 0 Å². The molecule has 0 saturated carbocycles. The van der Waals surface area contributed by atoms with Crippen molar-refractivity contribution in [3.63, 3.8) is 0 Å². The van der Waals surface area contributed by atoms with Crippen molar-refractivity contribution >= 4 is 26.1 Å². The Labute approximate surface area is 195 Å². The monoisotopic (exact) mass is 497 g/mol. The lowest BCUT2D eigenvalue weighted by Gasteiger charge is -2.22. The van der Waals surface area contributed by atoms with Gasteiger partial charge in [-0.2, -0.15) is 13.2 Å². The zero-order chi connectivity index (χ0) is 23.8. The van der Waals surface area contributed by atoms with E-state index in [1.54, 1.807) is 37.3 Å². The molecule has 3 rings (SSSR count). The van der Waals surface area contributed by atoms with Gasteiger partial charge < -0.3 is 13.8 Å². The summed E-state index contributed by atoms with van der Waals surface area (Å²) in [5, 5.41) is 2.65. The average molecular weight is 498 g/mol. The molecule has 0 aliphatic heterocycles. The van der Waals surface area contributed by atoms with Gasteiger partial charge in [0.05, 0.1) is 10.6 Å². The molecule has 5 nitrogen and oxygen atoms in total. The van der Waals surface area contributed by atoms with Gasteiger partial charge in [0.1, 0.15) is 24.1 Å². The van der Waals surface area contributed by atoms with E-state index in [9.17, 15) is 18.0 Å². The number of benzene rings is 3. The molecule has 1 N–H and O–H groups in total. The van der Waals surface area contributed by atoms with Gasteiger partial charge in [0.2, 0.25) is 0 Å². The molecular weight excluding hydrogens is 478 g/mol.